The summed E-state index contributed by atoms with van der Waals surface area (Å²) in [5.41, 5.74) is 0.423. The molecule has 10 heteroatoms. The third kappa shape index (κ3) is 5.43. The van der Waals surface area contributed by atoms with E-state index >= 15 is 0 Å². The van der Waals surface area contributed by atoms with Crippen LogP contribution < -0.4 is 9.64 Å². The number of rotatable bonds is 8. The Balaban J connectivity index is 2.15. The highest BCUT2D eigenvalue weighted by Crippen LogP contribution is 2.25. The summed E-state index contributed by atoms with van der Waals surface area (Å²) in [6, 6.07) is 6.37. The molecular formula is C18H21NO9. The maximum absolute atomic E-state index is 12.7. The van der Waals surface area contributed by atoms with E-state index in [-0.39, 0.29) is 26.4 Å². The van der Waals surface area contributed by atoms with Crippen molar-refractivity contribution in [3.8, 4) is 5.75 Å². The van der Waals surface area contributed by atoms with Gasteiger partial charge in [-0.3, -0.25) is 9.59 Å². The van der Waals surface area contributed by atoms with Gasteiger partial charge >= 0.3 is 17.9 Å². The number of carbonyl (C=O) groups is 4. The van der Waals surface area contributed by atoms with Crippen LogP contribution in [0.4, 0.5) is 5.69 Å². The van der Waals surface area contributed by atoms with Crippen LogP contribution >= 0.6 is 0 Å². The van der Waals surface area contributed by atoms with Crippen molar-refractivity contribution < 1.29 is 43.2 Å². The van der Waals surface area contributed by atoms with Gasteiger partial charge in [0.15, 0.2) is 12.7 Å². The largest absolute Gasteiger partial charge is 0.482 e. The Morgan fingerprint density at radius 2 is 2.11 bits per heavy atom. The lowest BCUT2D eigenvalue weighted by Gasteiger charge is -2.34. The first-order chi connectivity index (χ1) is 13.3. The normalized spacial score (nSPS) is 17.6. The fourth-order valence-corrected chi connectivity index (χ4v) is 2.59. The lowest BCUT2D eigenvalue weighted by atomic mass is 10.1. The Bertz CT molecular complexity index is 748. The van der Waals surface area contributed by atoms with Crippen molar-refractivity contribution in [3.63, 3.8) is 0 Å². The lowest BCUT2D eigenvalue weighted by molar-refractivity contribution is -0.177. The van der Waals surface area contributed by atoms with Crippen molar-refractivity contribution in [2.45, 2.75) is 26.1 Å². The van der Waals surface area contributed by atoms with Crippen molar-refractivity contribution >= 4 is 29.5 Å². The van der Waals surface area contributed by atoms with Crippen LogP contribution in [0.15, 0.2) is 24.3 Å². The molecule has 0 aromatic heterocycles. The molecule has 1 unspecified atom stereocenters. The number of hydrogen-bond donors (Lipinski definition) is 1. The molecule has 152 valence electrons. The van der Waals surface area contributed by atoms with Gasteiger partial charge in [0.05, 0.1) is 13.2 Å². The van der Waals surface area contributed by atoms with Crippen molar-refractivity contribution in [2.75, 3.05) is 31.3 Å². The molecule has 10 nitrogen and oxygen atoms in total. The van der Waals surface area contributed by atoms with E-state index < -0.39 is 36.0 Å². The second-order valence-electron chi connectivity index (χ2n) is 5.74. The Morgan fingerprint density at radius 1 is 1.36 bits per heavy atom. The van der Waals surface area contributed by atoms with E-state index in [2.05, 4.69) is 0 Å². The van der Waals surface area contributed by atoms with Gasteiger partial charge in [0.25, 0.3) is 5.91 Å². The summed E-state index contributed by atoms with van der Waals surface area (Å²) in [6.07, 6.45) is -3.23. The average Bonchev–Trinajstić information content (AvgIpc) is 2.65. The fourth-order valence-electron chi connectivity index (χ4n) is 2.59. The van der Waals surface area contributed by atoms with Crippen LogP contribution in [0.25, 0.3) is 0 Å². The summed E-state index contributed by atoms with van der Waals surface area (Å²) in [5, 5.41) is 9.27. The summed E-state index contributed by atoms with van der Waals surface area (Å²) >= 11 is 0. The van der Waals surface area contributed by atoms with Crippen LogP contribution in [0.1, 0.15) is 13.8 Å². The zero-order valence-corrected chi connectivity index (χ0v) is 15.5. The Kier molecular flexibility index (Phi) is 7.33. The van der Waals surface area contributed by atoms with E-state index in [1.54, 1.807) is 25.1 Å². The minimum atomic E-state index is -1.75. The van der Waals surface area contributed by atoms with Crippen LogP contribution in [0.3, 0.4) is 0 Å². The standard InChI is InChI=1S/C18H21NO9/c1-3-25-14(21)10-27-13-6-4-5-12(9-13)19-7-8-26-15(17(19)22)16(18(23)24)28-11(2)20/h4-6,9,15-16H,3,7-8,10H2,1-2H3,(H,23,24)/t15-,16?/m1/s1. The van der Waals surface area contributed by atoms with Crippen molar-refractivity contribution in [2.24, 2.45) is 0 Å². The van der Waals surface area contributed by atoms with Crippen molar-refractivity contribution in [3.05, 3.63) is 24.3 Å². The number of carbonyl (C=O) groups excluding carboxylic acids is 3. The maximum Gasteiger partial charge on any atom is 0.348 e. The van der Waals surface area contributed by atoms with Crippen LogP contribution in [0, 0.1) is 0 Å². The Labute approximate surface area is 160 Å². The number of anilines is 1. The first kappa shape index (κ1) is 21.2. The molecule has 0 radical (unpaired) electrons. The molecule has 2 atom stereocenters. The third-order valence-electron chi connectivity index (χ3n) is 3.72. The molecule has 0 saturated carbocycles. The first-order valence-electron chi connectivity index (χ1n) is 8.55. The topological polar surface area (TPSA) is 129 Å². The second kappa shape index (κ2) is 9.70. The van der Waals surface area contributed by atoms with E-state index in [0.717, 1.165) is 6.92 Å². The first-order valence-corrected chi connectivity index (χ1v) is 8.55. The minimum Gasteiger partial charge on any atom is -0.482 e. The van der Waals surface area contributed by atoms with Crippen LogP contribution in [-0.4, -0.2) is 67.5 Å². The molecule has 1 N–H and O–H groups in total. The molecule has 1 heterocycles. The number of nitrogens with zero attached hydrogens (tertiary/aromatic N) is 1. The summed E-state index contributed by atoms with van der Waals surface area (Å²) in [7, 11) is 0. The molecular weight excluding hydrogens is 374 g/mol. The number of benzene rings is 1. The van der Waals surface area contributed by atoms with Gasteiger partial charge < -0.3 is 29.0 Å². The molecule has 0 aliphatic carbocycles. The molecule has 2 rings (SSSR count). The van der Waals surface area contributed by atoms with Gasteiger partial charge in [-0.25, -0.2) is 9.59 Å². The number of morpholine rings is 1. The minimum absolute atomic E-state index is 0.0510. The number of aliphatic carboxylic acids is 1. The van der Waals surface area contributed by atoms with Crippen molar-refractivity contribution in [1.82, 2.24) is 0 Å². The highest BCUT2D eigenvalue weighted by atomic mass is 16.6. The van der Waals surface area contributed by atoms with Gasteiger partial charge in [-0.2, -0.15) is 0 Å². The zero-order valence-electron chi connectivity index (χ0n) is 15.5. The SMILES string of the molecule is CCOC(=O)COc1cccc(N2CCO[C@H](C(OC(C)=O)C(=O)O)C2=O)c1. The predicted molar refractivity (Wildman–Crippen MR) is 93.9 cm³/mol. The number of amides is 1. The number of carboxylic acids is 1. The van der Waals surface area contributed by atoms with E-state index in [4.69, 9.17) is 18.9 Å². The van der Waals surface area contributed by atoms with E-state index in [0.29, 0.717) is 11.4 Å². The predicted octanol–water partition coefficient (Wildman–Crippen LogP) is 0.377. The van der Waals surface area contributed by atoms with Gasteiger partial charge in [-0.05, 0) is 19.1 Å². The maximum atomic E-state index is 12.7. The highest BCUT2D eigenvalue weighted by Gasteiger charge is 2.42. The molecule has 1 saturated heterocycles. The van der Waals surface area contributed by atoms with E-state index in [9.17, 15) is 24.3 Å². The van der Waals surface area contributed by atoms with Crippen LogP contribution in [0.5, 0.6) is 5.75 Å². The second-order valence-corrected chi connectivity index (χ2v) is 5.74. The van der Waals surface area contributed by atoms with E-state index in [1.165, 1.54) is 11.0 Å². The molecule has 1 amide bonds. The molecule has 1 aromatic carbocycles. The smallest absolute Gasteiger partial charge is 0.348 e. The van der Waals surface area contributed by atoms with Crippen LogP contribution in [0.2, 0.25) is 0 Å². The zero-order chi connectivity index (χ0) is 20.7. The average molecular weight is 395 g/mol. The summed E-state index contributed by atoms with van der Waals surface area (Å²) in [6.45, 7) is 2.90. The molecule has 1 fully saturated rings. The van der Waals surface area contributed by atoms with Gasteiger partial charge in [0.1, 0.15) is 5.75 Å². The van der Waals surface area contributed by atoms with E-state index in [1.807, 2.05) is 0 Å². The fraction of sp³-hybridized carbons (Fsp3) is 0.444. The monoisotopic (exact) mass is 395 g/mol. The number of esters is 2. The lowest BCUT2D eigenvalue weighted by Crippen LogP contribution is -2.55. The van der Waals surface area contributed by atoms with Crippen molar-refractivity contribution in [1.29, 1.82) is 0 Å². The highest BCUT2D eigenvalue weighted by molar-refractivity contribution is 6.00. The summed E-state index contributed by atoms with van der Waals surface area (Å²) < 4.78 is 20.1. The summed E-state index contributed by atoms with van der Waals surface area (Å²) in [5.74, 6) is -3.18. The molecule has 1 aromatic rings. The number of carboxylic acid groups (broad SMARTS) is 1. The summed E-state index contributed by atoms with van der Waals surface area (Å²) in [4.78, 5) is 48.0. The Hall–Kier alpha value is -3.14. The molecule has 1 aliphatic rings. The molecule has 0 bridgehead atoms. The van der Waals surface area contributed by atoms with Gasteiger partial charge in [0, 0.05) is 25.2 Å². The third-order valence-corrected chi connectivity index (χ3v) is 3.72. The number of hydrogen-bond acceptors (Lipinski definition) is 8. The Morgan fingerprint density at radius 3 is 2.75 bits per heavy atom. The quantitative estimate of drug-likeness (QED) is 0.621. The van der Waals surface area contributed by atoms with Gasteiger partial charge in [0.2, 0.25) is 6.10 Å². The number of ether oxygens (including phenoxy) is 4. The van der Waals surface area contributed by atoms with Gasteiger partial charge in [-0.1, -0.05) is 6.07 Å². The molecule has 0 spiro atoms. The van der Waals surface area contributed by atoms with Crippen LogP contribution in [-0.2, 0) is 33.4 Å². The molecule has 28 heavy (non-hydrogen) atoms. The van der Waals surface area contributed by atoms with Gasteiger partial charge in [-0.15, -0.1) is 0 Å². The molecule has 1 aliphatic heterocycles.